The van der Waals surface area contributed by atoms with Gasteiger partial charge in [0, 0.05) is 10.9 Å². The molecule has 118 valence electrons. The topological polar surface area (TPSA) is 75.2 Å². The van der Waals surface area contributed by atoms with Crippen molar-refractivity contribution in [2.45, 2.75) is 0 Å². The number of H-pyrrole nitrogens is 1. The SMILES string of the molecule is COc1ccc(-c2nc3ccc(C(=O)O)cc3[nH]2)c2ccccc12. The van der Waals surface area contributed by atoms with Crippen LogP contribution in [0.3, 0.4) is 0 Å². The monoisotopic (exact) mass is 318 g/mol. The van der Waals surface area contributed by atoms with Crippen molar-refractivity contribution in [1.29, 1.82) is 0 Å². The number of carboxylic acid groups (broad SMARTS) is 1. The van der Waals surface area contributed by atoms with Gasteiger partial charge in [0.05, 0.1) is 23.7 Å². The van der Waals surface area contributed by atoms with Gasteiger partial charge in [-0.2, -0.15) is 0 Å². The maximum atomic E-state index is 11.1. The molecule has 0 atom stereocenters. The van der Waals surface area contributed by atoms with Crippen LogP contribution in [-0.2, 0) is 0 Å². The van der Waals surface area contributed by atoms with Gasteiger partial charge in [-0.3, -0.25) is 0 Å². The molecule has 3 aromatic carbocycles. The lowest BCUT2D eigenvalue weighted by Crippen LogP contribution is -1.94. The first-order valence-corrected chi connectivity index (χ1v) is 7.46. The first kappa shape index (κ1) is 14.3. The van der Waals surface area contributed by atoms with Gasteiger partial charge in [-0.25, -0.2) is 9.78 Å². The summed E-state index contributed by atoms with van der Waals surface area (Å²) < 4.78 is 5.42. The van der Waals surface area contributed by atoms with Gasteiger partial charge in [-0.1, -0.05) is 24.3 Å². The first-order valence-electron chi connectivity index (χ1n) is 7.46. The molecule has 0 unspecified atom stereocenters. The molecule has 4 aromatic rings. The number of imidazole rings is 1. The Hall–Kier alpha value is -3.34. The van der Waals surface area contributed by atoms with Crippen LogP contribution in [0.5, 0.6) is 5.75 Å². The van der Waals surface area contributed by atoms with Crippen molar-refractivity contribution in [3.05, 3.63) is 60.2 Å². The normalized spacial score (nSPS) is 11.0. The molecule has 0 amide bonds. The van der Waals surface area contributed by atoms with Gasteiger partial charge in [0.15, 0.2) is 0 Å². The van der Waals surface area contributed by atoms with Gasteiger partial charge in [-0.15, -0.1) is 0 Å². The maximum Gasteiger partial charge on any atom is 0.335 e. The predicted octanol–water partition coefficient (Wildman–Crippen LogP) is 4.09. The summed E-state index contributed by atoms with van der Waals surface area (Å²) >= 11 is 0. The van der Waals surface area contributed by atoms with E-state index in [-0.39, 0.29) is 5.56 Å². The van der Waals surface area contributed by atoms with E-state index in [4.69, 9.17) is 9.84 Å². The van der Waals surface area contributed by atoms with Crippen molar-refractivity contribution in [3.63, 3.8) is 0 Å². The van der Waals surface area contributed by atoms with E-state index in [1.807, 2.05) is 36.4 Å². The Morgan fingerprint density at radius 1 is 1.08 bits per heavy atom. The second-order valence-electron chi connectivity index (χ2n) is 5.48. The number of nitrogens with zero attached hydrogens (tertiary/aromatic N) is 1. The third-order valence-corrected chi connectivity index (χ3v) is 4.09. The summed E-state index contributed by atoms with van der Waals surface area (Å²) in [6, 6.07) is 16.7. The van der Waals surface area contributed by atoms with Crippen molar-refractivity contribution >= 4 is 27.8 Å². The molecule has 0 bridgehead atoms. The lowest BCUT2D eigenvalue weighted by molar-refractivity contribution is 0.0697. The fraction of sp³-hybridized carbons (Fsp3) is 0.0526. The number of aromatic nitrogens is 2. The Morgan fingerprint density at radius 2 is 1.88 bits per heavy atom. The third-order valence-electron chi connectivity index (χ3n) is 4.09. The van der Waals surface area contributed by atoms with Gasteiger partial charge >= 0.3 is 5.97 Å². The summed E-state index contributed by atoms with van der Waals surface area (Å²) in [5, 5.41) is 11.1. The highest BCUT2D eigenvalue weighted by molar-refractivity contribution is 6.00. The summed E-state index contributed by atoms with van der Waals surface area (Å²) in [5.41, 5.74) is 2.61. The molecule has 1 aromatic heterocycles. The average Bonchev–Trinajstić information content (AvgIpc) is 3.03. The molecule has 5 heteroatoms. The highest BCUT2D eigenvalue weighted by Gasteiger charge is 2.12. The highest BCUT2D eigenvalue weighted by Crippen LogP contribution is 2.33. The number of nitrogens with one attached hydrogen (secondary N) is 1. The van der Waals surface area contributed by atoms with Gasteiger partial charge < -0.3 is 14.8 Å². The molecule has 0 aliphatic carbocycles. The van der Waals surface area contributed by atoms with E-state index >= 15 is 0 Å². The van der Waals surface area contributed by atoms with Gasteiger partial charge in [-0.05, 0) is 35.7 Å². The minimum absolute atomic E-state index is 0.234. The van der Waals surface area contributed by atoms with Crippen molar-refractivity contribution in [2.24, 2.45) is 0 Å². The number of rotatable bonds is 3. The van der Waals surface area contributed by atoms with Crippen LogP contribution in [0.15, 0.2) is 54.6 Å². The predicted molar refractivity (Wildman–Crippen MR) is 92.5 cm³/mol. The number of methoxy groups -OCH3 is 1. The maximum absolute atomic E-state index is 11.1. The van der Waals surface area contributed by atoms with E-state index in [1.54, 1.807) is 25.3 Å². The van der Waals surface area contributed by atoms with Crippen LogP contribution in [0.25, 0.3) is 33.2 Å². The van der Waals surface area contributed by atoms with Crippen molar-refractivity contribution in [3.8, 4) is 17.1 Å². The van der Waals surface area contributed by atoms with Crippen molar-refractivity contribution in [2.75, 3.05) is 7.11 Å². The molecular formula is C19H14N2O3. The summed E-state index contributed by atoms with van der Waals surface area (Å²) in [4.78, 5) is 18.9. The Labute approximate surface area is 137 Å². The molecule has 0 aliphatic rings. The smallest absolute Gasteiger partial charge is 0.335 e. The number of aromatic amines is 1. The number of benzene rings is 3. The highest BCUT2D eigenvalue weighted by atomic mass is 16.5. The Bertz CT molecular complexity index is 1080. The van der Waals surface area contributed by atoms with Gasteiger partial charge in [0.1, 0.15) is 11.6 Å². The molecule has 0 saturated heterocycles. The van der Waals surface area contributed by atoms with Crippen molar-refractivity contribution < 1.29 is 14.6 Å². The van der Waals surface area contributed by atoms with E-state index < -0.39 is 5.97 Å². The Morgan fingerprint density at radius 3 is 2.62 bits per heavy atom. The zero-order chi connectivity index (χ0) is 16.7. The van der Waals surface area contributed by atoms with E-state index in [2.05, 4.69) is 9.97 Å². The first-order chi connectivity index (χ1) is 11.7. The second kappa shape index (κ2) is 5.38. The number of aromatic carboxylic acids is 1. The lowest BCUT2D eigenvalue weighted by Gasteiger charge is -2.08. The number of hydrogen-bond acceptors (Lipinski definition) is 3. The van der Waals surface area contributed by atoms with Crippen LogP contribution in [-0.4, -0.2) is 28.2 Å². The number of carbonyl (C=O) groups is 1. The van der Waals surface area contributed by atoms with Crippen molar-refractivity contribution in [1.82, 2.24) is 9.97 Å². The van der Waals surface area contributed by atoms with E-state index in [9.17, 15) is 4.79 Å². The van der Waals surface area contributed by atoms with E-state index in [1.165, 1.54) is 0 Å². The van der Waals surface area contributed by atoms with Crippen LogP contribution in [0.4, 0.5) is 0 Å². The largest absolute Gasteiger partial charge is 0.496 e. The zero-order valence-electron chi connectivity index (χ0n) is 12.9. The summed E-state index contributed by atoms with van der Waals surface area (Å²) in [6.07, 6.45) is 0. The fourth-order valence-corrected chi connectivity index (χ4v) is 2.93. The summed E-state index contributed by atoms with van der Waals surface area (Å²) in [6.45, 7) is 0. The molecule has 1 heterocycles. The number of ether oxygens (including phenoxy) is 1. The van der Waals surface area contributed by atoms with E-state index in [0.717, 1.165) is 27.6 Å². The number of fused-ring (bicyclic) bond motifs is 2. The molecule has 0 saturated carbocycles. The minimum Gasteiger partial charge on any atom is -0.496 e. The Kier molecular flexibility index (Phi) is 3.20. The molecule has 0 fully saturated rings. The summed E-state index contributed by atoms with van der Waals surface area (Å²) in [7, 11) is 1.65. The summed E-state index contributed by atoms with van der Waals surface area (Å²) in [5.74, 6) is 0.549. The van der Waals surface area contributed by atoms with Crippen LogP contribution in [0, 0.1) is 0 Å². The number of carboxylic acids is 1. The molecule has 0 spiro atoms. The van der Waals surface area contributed by atoms with Crippen LogP contribution in [0.1, 0.15) is 10.4 Å². The van der Waals surface area contributed by atoms with E-state index in [0.29, 0.717) is 11.3 Å². The molecule has 2 N–H and O–H groups in total. The van der Waals surface area contributed by atoms with Gasteiger partial charge in [0.25, 0.3) is 0 Å². The standard InChI is InChI=1S/C19H14N2O3/c1-24-17-9-7-14(12-4-2-3-5-13(12)17)18-20-15-8-6-11(19(22)23)10-16(15)21-18/h2-10H,1H3,(H,20,21)(H,22,23). The molecule has 24 heavy (non-hydrogen) atoms. The van der Waals surface area contributed by atoms with Crippen LogP contribution in [0.2, 0.25) is 0 Å². The van der Waals surface area contributed by atoms with Gasteiger partial charge in [0.2, 0.25) is 0 Å². The molecular weight excluding hydrogens is 304 g/mol. The lowest BCUT2D eigenvalue weighted by atomic mass is 10.0. The van der Waals surface area contributed by atoms with Crippen LogP contribution >= 0.6 is 0 Å². The molecule has 4 rings (SSSR count). The minimum atomic E-state index is -0.956. The quantitative estimate of drug-likeness (QED) is 0.596. The second-order valence-corrected chi connectivity index (χ2v) is 5.48. The third kappa shape index (κ3) is 2.18. The number of hydrogen-bond donors (Lipinski definition) is 2. The fourth-order valence-electron chi connectivity index (χ4n) is 2.93. The molecule has 0 aliphatic heterocycles. The van der Waals surface area contributed by atoms with Crippen LogP contribution < -0.4 is 4.74 Å². The average molecular weight is 318 g/mol. The molecule has 5 nitrogen and oxygen atoms in total. The Balaban J connectivity index is 1.94. The molecule has 0 radical (unpaired) electrons. The zero-order valence-corrected chi connectivity index (χ0v) is 12.9.